The number of likely N-dealkylation sites (tertiary alicyclic amines) is 1. The molecular formula is C16H28BrNO4. The van der Waals surface area contributed by atoms with Crippen LogP contribution in [0.2, 0.25) is 0 Å². The topological polar surface area (TPSA) is 55.8 Å². The molecule has 1 amide bonds. The quantitative estimate of drug-likeness (QED) is 0.540. The van der Waals surface area contributed by atoms with Gasteiger partial charge in [0.05, 0.1) is 12.0 Å². The Morgan fingerprint density at radius 1 is 1.23 bits per heavy atom. The molecular weight excluding hydrogens is 350 g/mol. The lowest BCUT2D eigenvalue weighted by Crippen LogP contribution is -2.48. The van der Waals surface area contributed by atoms with Gasteiger partial charge in [-0.1, -0.05) is 15.9 Å². The number of carbonyl (C=O) groups excluding carboxylic acids is 2. The normalized spacial score (nSPS) is 18.0. The van der Waals surface area contributed by atoms with Crippen LogP contribution in [0.3, 0.4) is 0 Å². The van der Waals surface area contributed by atoms with Crippen LogP contribution in [0.4, 0.5) is 4.79 Å². The highest BCUT2D eigenvalue weighted by molar-refractivity contribution is 9.09. The van der Waals surface area contributed by atoms with Crippen molar-refractivity contribution < 1.29 is 19.1 Å². The minimum Gasteiger partial charge on any atom is -0.466 e. The summed E-state index contributed by atoms with van der Waals surface area (Å²) in [6, 6.07) is 0. The molecule has 1 aliphatic rings. The zero-order valence-corrected chi connectivity index (χ0v) is 15.7. The summed E-state index contributed by atoms with van der Waals surface area (Å²) in [5.74, 6) is -0.125. The highest BCUT2D eigenvalue weighted by atomic mass is 79.9. The van der Waals surface area contributed by atoms with Crippen LogP contribution < -0.4 is 0 Å². The molecule has 0 N–H and O–H groups in total. The van der Waals surface area contributed by atoms with Gasteiger partial charge in [0.1, 0.15) is 5.60 Å². The van der Waals surface area contributed by atoms with Crippen molar-refractivity contribution in [3.8, 4) is 0 Å². The summed E-state index contributed by atoms with van der Waals surface area (Å²) >= 11 is 3.42. The fraction of sp³-hybridized carbons (Fsp3) is 0.875. The van der Waals surface area contributed by atoms with Crippen molar-refractivity contribution in [3.63, 3.8) is 0 Å². The van der Waals surface area contributed by atoms with Gasteiger partial charge in [0.15, 0.2) is 0 Å². The Bertz CT molecular complexity index is 384. The molecule has 22 heavy (non-hydrogen) atoms. The summed E-state index contributed by atoms with van der Waals surface area (Å²) < 4.78 is 10.7. The van der Waals surface area contributed by atoms with Crippen LogP contribution in [0.15, 0.2) is 0 Å². The second kappa shape index (κ2) is 8.18. The first-order valence-corrected chi connectivity index (χ1v) is 9.07. The maximum absolute atomic E-state index is 12.4. The maximum atomic E-state index is 12.4. The monoisotopic (exact) mass is 377 g/mol. The number of hydrogen-bond acceptors (Lipinski definition) is 4. The molecule has 5 nitrogen and oxygen atoms in total. The molecule has 1 aliphatic heterocycles. The van der Waals surface area contributed by atoms with E-state index < -0.39 is 11.0 Å². The fourth-order valence-corrected chi connectivity index (χ4v) is 2.97. The van der Waals surface area contributed by atoms with E-state index in [1.807, 2.05) is 27.7 Å². The zero-order valence-electron chi connectivity index (χ0n) is 14.1. The number of alkyl halides is 1. The predicted molar refractivity (Wildman–Crippen MR) is 89.1 cm³/mol. The molecule has 0 spiro atoms. The van der Waals surface area contributed by atoms with Gasteiger partial charge in [-0.15, -0.1) is 0 Å². The number of rotatable bonds is 5. The Balaban J connectivity index is 2.68. The number of esters is 1. The maximum Gasteiger partial charge on any atom is 0.410 e. The zero-order chi connectivity index (χ0) is 16.8. The number of nitrogens with zero attached hydrogens (tertiary/aromatic N) is 1. The van der Waals surface area contributed by atoms with Crippen LogP contribution in [0.5, 0.6) is 0 Å². The molecule has 6 heteroatoms. The SMILES string of the molecule is CCOC(=O)C1(CCCBr)CCN(C(=O)OC(C)(C)C)CC1. The fourth-order valence-electron chi connectivity index (χ4n) is 2.69. The first-order valence-electron chi connectivity index (χ1n) is 7.95. The minimum atomic E-state index is -0.497. The molecule has 1 fully saturated rings. The number of ether oxygens (including phenoxy) is 2. The molecule has 0 aliphatic carbocycles. The van der Waals surface area contributed by atoms with E-state index in [1.54, 1.807) is 4.90 Å². The van der Waals surface area contributed by atoms with Gasteiger partial charge in [0.25, 0.3) is 0 Å². The molecule has 1 heterocycles. The van der Waals surface area contributed by atoms with E-state index in [9.17, 15) is 9.59 Å². The minimum absolute atomic E-state index is 0.125. The van der Waals surface area contributed by atoms with Crippen LogP contribution in [0.1, 0.15) is 53.4 Å². The summed E-state index contributed by atoms with van der Waals surface area (Å²) in [6.45, 7) is 8.86. The molecule has 0 bridgehead atoms. The highest BCUT2D eigenvalue weighted by Crippen LogP contribution is 2.38. The summed E-state index contributed by atoms with van der Waals surface area (Å²) in [7, 11) is 0. The van der Waals surface area contributed by atoms with E-state index >= 15 is 0 Å². The lowest BCUT2D eigenvalue weighted by molar-refractivity contribution is -0.159. The summed E-state index contributed by atoms with van der Waals surface area (Å²) in [4.78, 5) is 26.2. The molecule has 0 saturated carbocycles. The lowest BCUT2D eigenvalue weighted by atomic mass is 9.75. The smallest absolute Gasteiger partial charge is 0.410 e. The molecule has 0 atom stereocenters. The average Bonchev–Trinajstić information content (AvgIpc) is 2.44. The second-order valence-electron chi connectivity index (χ2n) is 6.76. The molecule has 0 aromatic carbocycles. The summed E-state index contributed by atoms with van der Waals surface area (Å²) in [5, 5.41) is 0.865. The number of carbonyl (C=O) groups is 2. The first kappa shape index (κ1) is 19.3. The summed E-state index contributed by atoms with van der Waals surface area (Å²) in [5.41, 5.74) is -0.953. The van der Waals surface area contributed by atoms with Crippen LogP contribution >= 0.6 is 15.9 Å². The number of halogens is 1. The van der Waals surface area contributed by atoms with Gasteiger partial charge in [0.2, 0.25) is 0 Å². The van der Waals surface area contributed by atoms with Crippen molar-refractivity contribution in [3.05, 3.63) is 0 Å². The first-order chi connectivity index (χ1) is 10.2. The van der Waals surface area contributed by atoms with Crippen LogP contribution in [0.25, 0.3) is 0 Å². The Labute approximate surface area is 141 Å². The van der Waals surface area contributed by atoms with E-state index in [0.717, 1.165) is 18.2 Å². The lowest BCUT2D eigenvalue weighted by Gasteiger charge is -2.40. The van der Waals surface area contributed by atoms with Crippen LogP contribution in [-0.4, -0.2) is 47.6 Å². The van der Waals surface area contributed by atoms with Gasteiger partial charge >= 0.3 is 12.1 Å². The molecule has 128 valence electrons. The van der Waals surface area contributed by atoms with Gasteiger partial charge in [-0.2, -0.15) is 0 Å². The Kier molecular flexibility index (Phi) is 7.16. The predicted octanol–water partition coefficient (Wildman–Crippen LogP) is 3.74. The van der Waals surface area contributed by atoms with Gasteiger partial charge < -0.3 is 14.4 Å². The molecule has 0 aromatic heterocycles. The number of hydrogen-bond donors (Lipinski definition) is 0. The van der Waals surface area contributed by atoms with Crippen molar-refractivity contribution >= 4 is 28.0 Å². The van der Waals surface area contributed by atoms with Crippen molar-refractivity contribution in [1.29, 1.82) is 0 Å². The average molecular weight is 378 g/mol. The van der Waals surface area contributed by atoms with Crippen molar-refractivity contribution in [1.82, 2.24) is 4.90 Å². The third-order valence-corrected chi connectivity index (χ3v) is 4.43. The Morgan fingerprint density at radius 3 is 2.27 bits per heavy atom. The van der Waals surface area contributed by atoms with Crippen molar-refractivity contribution in [2.75, 3.05) is 25.0 Å². The molecule has 1 rings (SSSR count). The standard InChI is InChI=1S/C16H28BrNO4/c1-5-21-13(19)16(7-6-10-17)8-11-18(12-9-16)14(20)22-15(2,3)4/h5-12H2,1-4H3. The van der Waals surface area contributed by atoms with Crippen LogP contribution in [-0.2, 0) is 14.3 Å². The third kappa shape index (κ3) is 5.45. The van der Waals surface area contributed by atoms with Gasteiger partial charge in [0, 0.05) is 18.4 Å². The molecule has 0 aromatic rings. The van der Waals surface area contributed by atoms with Crippen LogP contribution in [0, 0.1) is 5.41 Å². The van der Waals surface area contributed by atoms with E-state index in [0.29, 0.717) is 32.5 Å². The molecule has 0 unspecified atom stereocenters. The number of piperidine rings is 1. The number of amides is 1. The van der Waals surface area contributed by atoms with Gasteiger partial charge in [-0.25, -0.2) is 4.79 Å². The Hall–Kier alpha value is -0.780. The third-order valence-electron chi connectivity index (χ3n) is 3.87. The van der Waals surface area contributed by atoms with E-state index in [-0.39, 0.29) is 12.1 Å². The van der Waals surface area contributed by atoms with E-state index in [1.165, 1.54) is 0 Å². The molecule has 1 saturated heterocycles. The van der Waals surface area contributed by atoms with Crippen molar-refractivity contribution in [2.45, 2.75) is 59.0 Å². The van der Waals surface area contributed by atoms with Gasteiger partial charge in [-0.05, 0) is 53.4 Å². The second-order valence-corrected chi connectivity index (χ2v) is 7.55. The van der Waals surface area contributed by atoms with E-state index in [2.05, 4.69) is 15.9 Å². The van der Waals surface area contributed by atoms with Crippen molar-refractivity contribution in [2.24, 2.45) is 5.41 Å². The van der Waals surface area contributed by atoms with Gasteiger partial charge in [-0.3, -0.25) is 4.79 Å². The van der Waals surface area contributed by atoms with E-state index in [4.69, 9.17) is 9.47 Å². The largest absolute Gasteiger partial charge is 0.466 e. The Morgan fingerprint density at radius 2 is 1.82 bits per heavy atom. The summed E-state index contributed by atoms with van der Waals surface area (Å²) in [6.07, 6.45) is 2.69. The highest BCUT2D eigenvalue weighted by Gasteiger charge is 2.43. The molecule has 0 radical (unpaired) electrons.